The van der Waals surface area contributed by atoms with Crippen molar-refractivity contribution in [3.8, 4) is 0 Å². The Balaban J connectivity index is 1.75. The van der Waals surface area contributed by atoms with Crippen molar-refractivity contribution in [1.29, 1.82) is 0 Å². The zero-order chi connectivity index (χ0) is 19.6. The maximum Gasteiger partial charge on any atom is 0.233 e. The number of hydrogen-bond acceptors (Lipinski definition) is 7. The van der Waals surface area contributed by atoms with Gasteiger partial charge >= 0.3 is 0 Å². The second-order valence-corrected chi connectivity index (χ2v) is 9.36. The van der Waals surface area contributed by atoms with Crippen LogP contribution in [0.1, 0.15) is 25.8 Å². The van der Waals surface area contributed by atoms with Crippen LogP contribution in [0.25, 0.3) is 0 Å². The molecule has 0 radical (unpaired) electrons. The SMILES string of the molecule is CCCNC(=O)CSc1nnc(SC(C)C(=O)NCc2ccc(F)cc2)s1. The molecular formula is C17H21FN4O2S3. The molecule has 2 rings (SSSR count). The van der Waals surface area contributed by atoms with Crippen molar-refractivity contribution in [3.05, 3.63) is 35.6 Å². The third-order valence-electron chi connectivity index (χ3n) is 3.31. The molecule has 0 aliphatic rings. The zero-order valence-corrected chi connectivity index (χ0v) is 17.5. The minimum absolute atomic E-state index is 0.0280. The summed E-state index contributed by atoms with van der Waals surface area (Å²) in [5.41, 5.74) is 0.831. The predicted octanol–water partition coefficient (Wildman–Crippen LogP) is 3.09. The number of aromatic nitrogens is 2. The molecule has 0 aliphatic heterocycles. The molecule has 0 fully saturated rings. The number of thioether (sulfide) groups is 2. The Labute approximate surface area is 170 Å². The first-order valence-corrected chi connectivity index (χ1v) is 11.1. The maximum atomic E-state index is 12.9. The summed E-state index contributed by atoms with van der Waals surface area (Å²) in [5, 5.41) is 13.4. The van der Waals surface area contributed by atoms with E-state index in [0.717, 1.165) is 12.0 Å². The van der Waals surface area contributed by atoms with Crippen molar-refractivity contribution in [1.82, 2.24) is 20.8 Å². The summed E-state index contributed by atoms with van der Waals surface area (Å²) in [5.74, 6) is -0.165. The molecule has 6 nitrogen and oxygen atoms in total. The molecule has 1 heterocycles. The van der Waals surface area contributed by atoms with Crippen LogP contribution in [0.4, 0.5) is 4.39 Å². The van der Waals surface area contributed by atoms with Crippen molar-refractivity contribution in [2.24, 2.45) is 0 Å². The minimum atomic E-state index is -0.343. The van der Waals surface area contributed by atoms with Gasteiger partial charge in [0.1, 0.15) is 5.82 Å². The second-order valence-electron chi connectivity index (χ2n) is 5.58. The van der Waals surface area contributed by atoms with Crippen molar-refractivity contribution >= 4 is 46.7 Å². The molecule has 0 aliphatic carbocycles. The number of nitrogens with one attached hydrogen (secondary N) is 2. The monoisotopic (exact) mass is 428 g/mol. The number of halogens is 1. The topological polar surface area (TPSA) is 84.0 Å². The minimum Gasteiger partial charge on any atom is -0.355 e. The van der Waals surface area contributed by atoms with Gasteiger partial charge in [0.25, 0.3) is 0 Å². The van der Waals surface area contributed by atoms with Gasteiger partial charge in [-0.3, -0.25) is 9.59 Å². The molecule has 0 saturated heterocycles. The predicted molar refractivity (Wildman–Crippen MR) is 107 cm³/mol. The highest BCUT2D eigenvalue weighted by Gasteiger charge is 2.17. The van der Waals surface area contributed by atoms with Gasteiger partial charge in [0.2, 0.25) is 11.8 Å². The summed E-state index contributed by atoms with van der Waals surface area (Å²) in [6.45, 7) is 4.80. The highest BCUT2D eigenvalue weighted by Crippen LogP contribution is 2.31. The smallest absolute Gasteiger partial charge is 0.233 e. The summed E-state index contributed by atoms with van der Waals surface area (Å²) < 4.78 is 14.3. The first kappa shape index (κ1) is 21.6. The number of rotatable bonds is 10. The Morgan fingerprint density at radius 2 is 1.89 bits per heavy atom. The Bertz CT molecular complexity index is 755. The maximum absolute atomic E-state index is 12.9. The molecule has 0 spiro atoms. The zero-order valence-electron chi connectivity index (χ0n) is 15.0. The fraction of sp³-hybridized carbons (Fsp3) is 0.412. The van der Waals surface area contributed by atoms with E-state index in [2.05, 4.69) is 20.8 Å². The van der Waals surface area contributed by atoms with Gasteiger partial charge in [-0.15, -0.1) is 10.2 Å². The first-order chi connectivity index (χ1) is 13.0. The van der Waals surface area contributed by atoms with Gasteiger partial charge in [0.15, 0.2) is 8.68 Å². The molecule has 2 N–H and O–H groups in total. The van der Waals surface area contributed by atoms with E-state index in [4.69, 9.17) is 0 Å². The van der Waals surface area contributed by atoms with Gasteiger partial charge in [-0.05, 0) is 31.0 Å². The number of hydrogen-bond donors (Lipinski definition) is 2. The van der Waals surface area contributed by atoms with Gasteiger partial charge in [-0.25, -0.2) is 4.39 Å². The lowest BCUT2D eigenvalue weighted by molar-refractivity contribution is -0.120. The molecule has 0 bridgehead atoms. The van der Waals surface area contributed by atoms with Crippen molar-refractivity contribution in [2.45, 2.75) is 40.7 Å². The van der Waals surface area contributed by atoms with Crippen LogP contribution in [-0.2, 0) is 16.1 Å². The van der Waals surface area contributed by atoms with E-state index in [9.17, 15) is 14.0 Å². The van der Waals surface area contributed by atoms with Gasteiger partial charge in [0, 0.05) is 13.1 Å². The van der Waals surface area contributed by atoms with E-state index < -0.39 is 0 Å². The van der Waals surface area contributed by atoms with E-state index in [1.807, 2.05) is 6.92 Å². The lowest BCUT2D eigenvalue weighted by Crippen LogP contribution is -2.30. The van der Waals surface area contributed by atoms with Crippen LogP contribution in [0.15, 0.2) is 32.9 Å². The third kappa shape index (κ3) is 7.86. The fourth-order valence-electron chi connectivity index (χ4n) is 1.89. The highest BCUT2D eigenvalue weighted by atomic mass is 32.2. The second kappa shape index (κ2) is 11.3. The van der Waals surface area contributed by atoms with Gasteiger partial charge in [-0.1, -0.05) is 53.9 Å². The molecule has 2 aromatic rings. The van der Waals surface area contributed by atoms with Crippen molar-refractivity contribution < 1.29 is 14.0 Å². The first-order valence-electron chi connectivity index (χ1n) is 8.39. The van der Waals surface area contributed by atoms with Gasteiger partial charge in [-0.2, -0.15) is 0 Å². The van der Waals surface area contributed by atoms with E-state index >= 15 is 0 Å². The normalized spacial score (nSPS) is 11.8. The van der Waals surface area contributed by atoms with Crippen molar-refractivity contribution in [2.75, 3.05) is 12.3 Å². The lowest BCUT2D eigenvalue weighted by atomic mass is 10.2. The molecule has 10 heteroatoms. The van der Waals surface area contributed by atoms with E-state index in [1.165, 1.54) is 47.0 Å². The summed E-state index contributed by atoms with van der Waals surface area (Å²) in [7, 11) is 0. The molecule has 1 atom stereocenters. The molecule has 27 heavy (non-hydrogen) atoms. The van der Waals surface area contributed by atoms with Crippen LogP contribution in [0.5, 0.6) is 0 Å². The number of carbonyl (C=O) groups excluding carboxylic acids is 2. The third-order valence-corrected chi connectivity index (χ3v) is 6.55. The Kier molecular flexibility index (Phi) is 9.02. The molecule has 1 aromatic heterocycles. The average Bonchev–Trinajstić information content (AvgIpc) is 3.11. The summed E-state index contributed by atoms with van der Waals surface area (Å²) in [6, 6.07) is 6.00. The Morgan fingerprint density at radius 1 is 1.19 bits per heavy atom. The van der Waals surface area contributed by atoms with Crippen LogP contribution in [0, 0.1) is 5.82 Å². The van der Waals surface area contributed by atoms with Crippen molar-refractivity contribution in [3.63, 3.8) is 0 Å². The van der Waals surface area contributed by atoms with Crippen LogP contribution < -0.4 is 10.6 Å². The van der Waals surface area contributed by atoms with E-state index in [0.29, 0.717) is 27.5 Å². The molecule has 1 unspecified atom stereocenters. The van der Waals surface area contributed by atoms with Crippen LogP contribution in [-0.4, -0.2) is 39.6 Å². The number of carbonyl (C=O) groups is 2. The molecular weight excluding hydrogens is 407 g/mol. The number of nitrogens with zero attached hydrogens (tertiary/aromatic N) is 2. The standard InChI is InChI=1S/C17H21FN4O2S3/c1-3-8-19-14(23)10-25-16-21-22-17(27-16)26-11(2)15(24)20-9-12-4-6-13(18)7-5-12/h4-7,11H,3,8-10H2,1-2H3,(H,19,23)(H,20,24). The summed E-state index contributed by atoms with van der Waals surface area (Å²) in [4.78, 5) is 23.8. The number of amides is 2. The average molecular weight is 429 g/mol. The quantitative estimate of drug-likeness (QED) is 0.566. The largest absolute Gasteiger partial charge is 0.355 e. The van der Waals surface area contributed by atoms with E-state index in [-0.39, 0.29) is 22.9 Å². The van der Waals surface area contributed by atoms with Gasteiger partial charge in [0.05, 0.1) is 11.0 Å². The van der Waals surface area contributed by atoms with E-state index in [1.54, 1.807) is 19.1 Å². The Hall–Kier alpha value is -1.65. The summed E-state index contributed by atoms with van der Waals surface area (Å²) >= 11 is 4.01. The Morgan fingerprint density at radius 3 is 2.59 bits per heavy atom. The van der Waals surface area contributed by atoms with Crippen LogP contribution >= 0.6 is 34.9 Å². The molecule has 146 valence electrons. The summed E-state index contributed by atoms with van der Waals surface area (Å²) in [6.07, 6.45) is 0.900. The molecule has 0 saturated carbocycles. The number of benzene rings is 1. The fourth-order valence-corrected chi connectivity index (χ4v) is 4.90. The highest BCUT2D eigenvalue weighted by molar-refractivity contribution is 8.04. The lowest BCUT2D eigenvalue weighted by Gasteiger charge is -2.10. The molecule has 2 amide bonds. The van der Waals surface area contributed by atoms with Gasteiger partial charge < -0.3 is 10.6 Å². The van der Waals surface area contributed by atoms with Crippen LogP contribution in [0.2, 0.25) is 0 Å². The van der Waals surface area contributed by atoms with Crippen LogP contribution in [0.3, 0.4) is 0 Å². The molecule has 1 aromatic carbocycles.